The van der Waals surface area contributed by atoms with E-state index in [-0.39, 0.29) is 11.8 Å². The molecule has 2 aliphatic rings. The Bertz CT molecular complexity index is 745. The fraction of sp³-hybridized carbons (Fsp3) is 0.579. The summed E-state index contributed by atoms with van der Waals surface area (Å²) in [6.45, 7) is 5.84. The first-order chi connectivity index (χ1) is 11.7. The van der Waals surface area contributed by atoms with Crippen LogP contribution in [0.3, 0.4) is 0 Å². The zero-order chi connectivity index (χ0) is 16.6. The molecule has 2 aromatic rings. The number of fused-ring (bicyclic) bond motifs is 1. The molecule has 1 spiro atoms. The predicted octanol–water partition coefficient (Wildman–Crippen LogP) is 2.10. The monoisotopic (exact) mass is 326 g/mol. The van der Waals surface area contributed by atoms with Crippen LogP contribution in [-0.4, -0.2) is 35.1 Å². The molecule has 1 amide bonds. The fourth-order valence-corrected chi connectivity index (χ4v) is 4.29. The van der Waals surface area contributed by atoms with Crippen molar-refractivity contribution in [1.29, 1.82) is 0 Å². The van der Waals surface area contributed by atoms with Crippen LogP contribution in [0.5, 0.6) is 0 Å². The maximum absolute atomic E-state index is 12.4. The number of piperidine rings is 1. The maximum Gasteiger partial charge on any atom is 0.223 e. The first-order valence-electron chi connectivity index (χ1n) is 9.16. The number of hydrogen-bond donors (Lipinski definition) is 2. The summed E-state index contributed by atoms with van der Waals surface area (Å²) < 4.78 is 2.24. The number of imidazole rings is 1. The van der Waals surface area contributed by atoms with E-state index in [1.807, 2.05) is 12.1 Å². The van der Waals surface area contributed by atoms with Gasteiger partial charge in [0.15, 0.2) is 0 Å². The van der Waals surface area contributed by atoms with Gasteiger partial charge in [0.2, 0.25) is 5.91 Å². The van der Waals surface area contributed by atoms with Gasteiger partial charge in [0.1, 0.15) is 5.82 Å². The summed E-state index contributed by atoms with van der Waals surface area (Å²) in [7, 11) is 0. The van der Waals surface area contributed by atoms with Crippen molar-refractivity contribution >= 4 is 16.9 Å². The molecule has 2 N–H and O–H groups in total. The molecule has 1 aromatic heterocycles. The molecule has 1 saturated heterocycles. The molecule has 1 atom stereocenters. The van der Waals surface area contributed by atoms with Gasteiger partial charge in [-0.05, 0) is 56.8 Å². The number of para-hydroxylation sites is 2. The van der Waals surface area contributed by atoms with Crippen molar-refractivity contribution in [2.24, 2.45) is 11.3 Å². The lowest BCUT2D eigenvalue weighted by atomic mass is 9.92. The normalized spacial score (nSPS) is 22.0. The summed E-state index contributed by atoms with van der Waals surface area (Å²) in [5, 5.41) is 6.53. The summed E-state index contributed by atoms with van der Waals surface area (Å²) in [4.78, 5) is 17.2. The van der Waals surface area contributed by atoms with Crippen LogP contribution in [0.15, 0.2) is 24.3 Å². The van der Waals surface area contributed by atoms with Gasteiger partial charge in [-0.15, -0.1) is 0 Å². The number of carbonyl (C=O) groups excluding carboxylic acids is 1. The lowest BCUT2D eigenvalue weighted by Crippen LogP contribution is -2.34. The topological polar surface area (TPSA) is 59.0 Å². The molecule has 5 nitrogen and oxygen atoms in total. The number of nitrogens with one attached hydrogen (secondary N) is 2. The molecule has 4 rings (SSSR count). The first kappa shape index (κ1) is 15.6. The average molecular weight is 326 g/mol. The van der Waals surface area contributed by atoms with E-state index in [0.29, 0.717) is 12.0 Å². The van der Waals surface area contributed by atoms with Gasteiger partial charge in [-0.1, -0.05) is 12.1 Å². The highest BCUT2D eigenvalue weighted by atomic mass is 16.2. The number of benzene rings is 1. The highest BCUT2D eigenvalue weighted by molar-refractivity contribution is 5.82. The summed E-state index contributed by atoms with van der Waals surface area (Å²) in [5.41, 5.74) is 2.53. The predicted molar refractivity (Wildman–Crippen MR) is 94.8 cm³/mol. The van der Waals surface area contributed by atoms with Crippen molar-refractivity contribution in [2.45, 2.75) is 39.2 Å². The molecular weight excluding hydrogens is 300 g/mol. The molecule has 2 fully saturated rings. The highest BCUT2D eigenvalue weighted by Gasteiger charge is 2.57. The van der Waals surface area contributed by atoms with E-state index in [9.17, 15) is 4.79 Å². The zero-order valence-electron chi connectivity index (χ0n) is 14.3. The summed E-state index contributed by atoms with van der Waals surface area (Å²) >= 11 is 0. The van der Waals surface area contributed by atoms with Gasteiger partial charge in [0, 0.05) is 25.4 Å². The van der Waals surface area contributed by atoms with Gasteiger partial charge in [-0.25, -0.2) is 4.98 Å². The molecule has 1 unspecified atom stereocenters. The number of carbonyl (C=O) groups is 1. The quantitative estimate of drug-likeness (QED) is 0.885. The van der Waals surface area contributed by atoms with Crippen LogP contribution in [0.4, 0.5) is 0 Å². The number of amides is 1. The van der Waals surface area contributed by atoms with E-state index in [0.717, 1.165) is 56.7 Å². The van der Waals surface area contributed by atoms with Gasteiger partial charge in [-0.2, -0.15) is 0 Å². The molecule has 0 bridgehead atoms. The van der Waals surface area contributed by atoms with E-state index in [1.54, 1.807) is 0 Å². The van der Waals surface area contributed by atoms with Crippen LogP contribution >= 0.6 is 0 Å². The van der Waals surface area contributed by atoms with Crippen molar-refractivity contribution in [1.82, 2.24) is 20.2 Å². The van der Waals surface area contributed by atoms with Crippen LogP contribution in [0, 0.1) is 11.3 Å². The number of nitrogens with zero attached hydrogens (tertiary/aromatic N) is 2. The Hall–Kier alpha value is -1.88. The Labute approximate surface area is 142 Å². The van der Waals surface area contributed by atoms with Gasteiger partial charge >= 0.3 is 0 Å². The van der Waals surface area contributed by atoms with E-state index < -0.39 is 0 Å². The van der Waals surface area contributed by atoms with Crippen molar-refractivity contribution < 1.29 is 4.79 Å². The Morgan fingerprint density at radius 3 is 2.96 bits per heavy atom. The van der Waals surface area contributed by atoms with Crippen molar-refractivity contribution in [3.05, 3.63) is 30.1 Å². The Morgan fingerprint density at radius 1 is 1.38 bits per heavy atom. The standard InChI is InChI=1S/C19H26N4O/c1-2-23-16-6-4-3-5-15(16)22-17(23)7-10-21-18(24)14-13-19(14)8-11-20-12-9-19/h3-6,14,20H,2,7-13H2,1H3,(H,21,24). The second kappa shape index (κ2) is 6.20. The van der Waals surface area contributed by atoms with Crippen LogP contribution in [0.1, 0.15) is 32.0 Å². The van der Waals surface area contributed by atoms with Crippen LogP contribution in [0.2, 0.25) is 0 Å². The van der Waals surface area contributed by atoms with E-state index in [2.05, 4.69) is 34.3 Å². The molecule has 128 valence electrons. The van der Waals surface area contributed by atoms with Crippen LogP contribution < -0.4 is 10.6 Å². The van der Waals surface area contributed by atoms with E-state index >= 15 is 0 Å². The number of rotatable bonds is 5. The Morgan fingerprint density at radius 2 is 2.17 bits per heavy atom. The third-order valence-corrected chi connectivity index (χ3v) is 5.80. The first-order valence-corrected chi connectivity index (χ1v) is 9.16. The largest absolute Gasteiger partial charge is 0.355 e. The lowest BCUT2D eigenvalue weighted by Gasteiger charge is -2.23. The molecule has 1 aromatic carbocycles. The van der Waals surface area contributed by atoms with Gasteiger partial charge in [0.25, 0.3) is 0 Å². The Balaban J connectivity index is 1.35. The molecule has 2 heterocycles. The van der Waals surface area contributed by atoms with Crippen LogP contribution in [0.25, 0.3) is 11.0 Å². The molecule has 24 heavy (non-hydrogen) atoms. The van der Waals surface area contributed by atoms with Crippen LogP contribution in [-0.2, 0) is 17.8 Å². The number of aryl methyl sites for hydroxylation is 1. The van der Waals surface area contributed by atoms with Crippen molar-refractivity contribution in [3.63, 3.8) is 0 Å². The smallest absolute Gasteiger partial charge is 0.223 e. The minimum Gasteiger partial charge on any atom is -0.355 e. The molecule has 0 radical (unpaired) electrons. The zero-order valence-corrected chi connectivity index (χ0v) is 14.3. The fourth-order valence-electron chi connectivity index (χ4n) is 4.29. The number of hydrogen-bond acceptors (Lipinski definition) is 3. The highest BCUT2D eigenvalue weighted by Crippen LogP contribution is 2.58. The maximum atomic E-state index is 12.4. The number of aromatic nitrogens is 2. The van der Waals surface area contributed by atoms with Crippen molar-refractivity contribution in [3.8, 4) is 0 Å². The minimum atomic E-state index is 0.240. The summed E-state index contributed by atoms with van der Waals surface area (Å²) in [6.07, 6.45) is 4.16. The minimum absolute atomic E-state index is 0.240. The van der Waals surface area contributed by atoms with Crippen molar-refractivity contribution in [2.75, 3.05) is 19.6 Å². The molecule has 1 aliphatic heterocycles. The average Bonchev–Trinajstić information content (AvgIpc) is 3.17. The van der Waals surface area contributed by atoms with Gasteiger partial charge in [0.05, 0.1) is 11.0 Å². The van der Waals surface area contributed by atoms with E-state index in [1.165, 1.54) is 5.52 Å². The third kappa shape index (κ3) is 2.71. The second-order valence-corrected chi connectivity index (χ2v) is 7.17. The molecule has 5 heteroatoms. The molecular formula is C19H26N4O. The second-order valence-electron chi connectivity index (χ2n) is 7.17. The third-order valence-electron chi connectivity index (χ3n) is 5.80. The summed E-state index contributed by atoms with van der Waals surface area (Å²) in [5.74, 6) is 1.55. The lowest BCUT2D eigenvalue weighted by molar-refractivity contribution is -0.123. The summed E-state index contributed by atoms with van der Waals surface area (Å²) in [6, 6.07) is 8.23. The molecule has 1 aliphatic carbocycles. The Kier molecular flexibility index (Phi) is 4.04. The van der Waals surface area contributed by atoms with Gasteiger partial charge < -0.3 is 15.2 Å². The SMILES string of the molecule is CCn1c(CCNC(=O)C2CC23CCNCC3)nc2ccccc21. The molecule has 1 saturated carbocycles. The van der Waals surface area contributed by atoms with Gasteiger partial charge in [-0.3, -0.25) is 4.79 Å². The van der Waals surface area contributed by atoms with E-state index in [4.69, 9.17) is 4.98 Å².